The lowest BCUT2D eigenvalue weighted by Gasteiger charge is -2.39. The molecule has 0 N–H and O–H groups in total. The first-order valence-corrected chi connectivity index (χ1v) is 6.34. The largest absolute Gasteiger partial charge is 0.347 e. The number of hydrogen-bond acceptors (Lipinski definition) is 2. The molecule has 2 aliphatic carbocycles. The molecule has 84 valence electrons. The van der Waals surface area contributed by atoms with Crippen LogP contribution in [0.1, 0.15) is 38.5 Å². The summed E-state index contributed by atoms with van der Waals surface area (Å²) in [5, 5.41) is 0. The van der Waals surface area contributed by atoms with Crippen molar-refractivity contribution in [1.82, 2.24) is 0 Å². The summed E-state index contributed by atoms with van der Waals surface area (Å²) < 4.78 is 11.9. The summed E-state index contributed by atoms with van der Waals surface area (Å²) in [5.74, 6) is 1.22. The van der Waals surface area contributed by atoms with Gasteiger partial charge in [-0.05, 0) is 31.6 Å². The molecule has 2 atom stereocenters. The first-order chi connectivity index (χ1) is 7.41. The summed E-state index contributed by atoms with van der Waals surface area (Å²) in [6.07, 6.45) is 12.2. The minimum atomic E-state index is -0.202. The average Bonchev–Trinajstić information content (AvgIpc) is 2.66. The van der Waals surface area contributed by atoms with E-state index in [1.54, 1.807) is 0 Å². The Morgan fingerprint density at radius 2 is 1.80 bits per heavy atom. The Kier molecular flexibility index (Phi) is 2.57. The summed E-state index contributed by atoms with van der Waals surface area (Å²) in [6.45, 7) is 1.60. The van der Waals surface area contributed by atoms with Crippen LogP contribution >= 0.6 is 0 Å². The standard InChI is InChI=1S/C13H20O2/c1-2-7-12-11(5-1)6-3-4-8-13(12)14-9-10-15-13/h1-2,11-12H,3-10H2. The third-order valence-corrected chi connectivity index (χ3v) is 4.26. The van der Waals surface area contributed by atoms with E-state index in [0.717, 1.165) is 32.0 Å². The van der Waals surface area contributed by atoms with Gasteiger partial charge in [0, 0.05) is 12.3 Å². The van der Waals surface area contributed by atoms with Crippen LogP contribution in [0, 0.1) is 11.8 Å². The molecule has 2 fully saturated rings. The van der Waals surface area contributed by atoms with E-state index in [9.17, 15) is 0 Å². The Bertz CT molecular complexity index is 253. The van der Waals surface area contributed by atoms with Crippen LogP contribution in [0.15, 0.2) is 12.2 Å². The zero-order valence-corrected chi connectivity index (χ0v) is 9.28. The molecule has 1 saturated carbocycles. The van der Waals surface area contributed by atoms with Gasteiger partial charge in [0.05, 0.1) is 13.2 Å². The van der Waals surface area contributed by atoms with Gasteiger partial charge in [-0.2, -0.15) is 0 Å². The van der Waals surface area contributed by atoms with Gasteiger partial charge < -0.3 is 9.47 Å². The quantitative estimate of drug-likeness (QED) is 0.570. The van der Waals surface area contributed by atoms with Crippen LogP contribution in [0.4, 0.5) is 0 Å². The van der Waals surface area contributed by atoms with Crippen molar-refractivity contribution < 1.29 is 9.47 Å². The van der Waals surface area contributed by atoms with E-state index in [4.69, 9.17) is 9.47 Å². The number of rotatable bonds is 0. The van der Waals surface area contributed by atoms with E-state index in [-0.39, 0.29) is 5.79 Å². The molecule has 0 aromatic carbocycles. The molecule has 15 heavy (non-hydrogen) atoms. The molecule has 0 radical (unpaired) electrons. The fourth-order valence-electron chi connectivity index (χ4n) is 3.52. The third kappa shape index (κ3) is 1.64. The maximum absolute atomic E-state index is 5.97. The summed E-state index contributed by atoms with van der Waals surface area (Å²) in [6, 6.07) is 0. The summed E-state index contributed by atoms with van der Waals surface area (Å²) in [5.41, 5.74) is 0. The second-order valence-corrected chi connectivity index (χ2v) is 5.06. The van der Waals surface area contributed by atoms with Crippen molar-refractivity contribution >= 4 is 0 Å². The third-order valence-electron chi connectivity index (χ3n) is 4.26. The maximum Gasteiger partial charge on any atom is 0.171 e. The van der Waals surface area contributed by atoms with E-state index < -0.39 is 0 Å². The van der Waals surface area contributed by atoms with E-state index in [1.807, 2.05) is 0 Å². The van der Waals surface area contributed by atoms with Crippen LogP contribution in [-0.2, 0) is 9.47 Å². The Hall–Kier alpha value is -0.340. The first-order valence-electron chi connectivity index (χ1n) is 6.34. The van der Waals surface area contributed by atoms with Crippen LogP contribution in [-0.4, -0.2) is 19.0 Å². The van der Waals surface area contributed by atoms with Crippen molar-refractivity contribution in [3.63, 3.8) is 0 Å². The van der Waals surface area contributed by atoms with Crippen LogP contribution in [0.5, 0.6) is 0 Å². The van der Waals surface area contributed by atoms with Crippen LogP contribution in [0.25, 0.3) is 0 Å². The zero-order chi connectivity index (χ0) is 10.1. The minimum absolute atomic E-state index is 0.202. The molecule has 1 spiro atoms. The molecule has 2 unspecified atom stereocenters. The molecule has 1 saturated heterocycles. The molecule has 2 nitrogen and oxygen atoms in total. The first kappa shape index (κ1) is 9.86. The molecule has 1 aliphatic heterocycles. The normalized spacial score (nSPS) is 38.9. The number of fused-ring (bicyclic) bond motifs is 2. The molecule has 3 aliphatic rings. The zero-order valence-electron chi connectivity index (χ0n) is 9.28. The Morgan fingerprint density at radius 3 is 2.67 bits per heavy atom. The molecule has 0 amide bonds. The highest BCUT2D eigenvalue weighted by molar-refractivity contribution is 5.01. The van der Waals surface area contributed by atoms with E-state index in [2.05, 4.69) is 12.2 Å². The molecule has 3 rings (SSSR count). The lowest BCUT2D eigenvalue weighted by atomic mass is 9.76. The second-order valence-electron chi connectivity index (χ2n) is 5.06. The van der Waals surface area contributed by atoms with Gasteiger partial charge in [0.1, 0.15) is 0 Å². The van der Waals surface area contributed by atoms with Gasteiger partial charge in [-0.1, -0.05) is 18.6 Å². The molecule has 0 aromatic rings. The topological polar surface area (TPSA) is 18.5 Å². The van der Waals surface area contributed by atoms with Crippen molar-refractivity contribution in [2.24, 2.45) is 11.8 Å². The van der Waals surface area contributed by atoms with Crippen LogP contribution in [0.3, 0.4) is 0 Å². The maximum atomic E-state index is 5.97. The van der Waals surface area contributed by atoms with Crippen molar-refractivity contribution in [1.29, 1.82) is 0 Å². The van der Waals surface area contributed by atoms with Gasteiger partial charge in [-0.25, -0.2) is 0 Å². The van der Waals surface area contributed by atoms with Gasteiger partial charge in [0.2, 0.25) is 0 Å². The van der Waals surface area contributed by atoms with E-state index in [1.165, 1.54) is 25.7 Å². The molecule has 2 heteroatoms. The second kappa shape index (κ2) is 3.91. The number of hydrogen-bond donors (Lipinski definition) is 0. The Morgan fingerprint density at radius 1 is 1.00 bits per heavy atom. The monoisotopic (exact) mass is 208 g/mol. The summed E-state index contributed by atoms with van der Waals surface area (Å²) in [4.78, 5) is 0. The highest BCUT2D eigenvalue weighted by Crippen LogP contribution is 2.46. The smallest absolute Gasteiger partial charge is 0.171 e. The molecular formula is C13H20O2. The predicted octanol–water partition coefficient (Wildman–Crippen LogP) is 2.89. The predicted molar refractivity (Wildman–Crippen MR) is 58.5 cm³/mol. The van der Waals surface area contributed by atoms with Gasteiger partial charge in [-0.15, -0.1) is 0 Å². The Balaban J connectivity index is 1.87. The van der Waals surface area contributed by atoms with Crippen LogP contribution < -0.4 is 0 Å². The molecule has 0 aromatic heterocycles. The molecule has 1 heterocycles. The van der Waals surface area contributed by atoms with Gasteiger partial charge in [-0.3, -0.25) is 0 Å². The average molecular weight is 208 g/mol. The van der Waals surface area contributed by atoms with Crippen molar-refractivity contribution in [3.8, 4) is 0 Å². The van der Waals surface area contributed by atoms with E-state index in [0.29, 0.717) is 5.92 Å². The fourth-order valence-corrected chi connectivity index (χ4v) is 3.52. The number of ether oxygens (including phenoxy) is 2. The number of allylic oxidation sites excluding steroid dienone is 2. The highest BCUT2D eigenvalue weighted by Gasteiger charge is 2.48. The summed E-state index contributed by atoms with van der Waals surface area (Å²) >= 11 is 0. The van der Waals surface area contributed by atoms with Gasteiger partial charge in [0.15, 0.2) is 5.79 Å². The van der Waals surface area contributed by atoms with E-state index >= 15 is 0 Å². The SMILES string of the molecule is C1=CCC2C(C1)CCCCC21OCCO1. The molecular weight excluding hydrogens is 188 g/mol. The molecule has 0 bridgehead atoms. The summed E-state index contributed by atoms with van der Waals surface area (Å²) in [7, 11) is 0. The van der Waals surface area contributed by atoms with Gasteiger partial charge in [0.25, 0.3) is 0 Å². The van der Waals surface area contributed by atoms with Crippen molar-refractivity contribution in [2.45, 2.75) is 44.3 Å². The lowest BCUT2D eigenvalue weighted by molar-refractivity contribution is -0.208. The Labute approximate surface area is 91.6 Å². The van der Waals surface area contributed by atoms with Crippen molar-refractivity contribution in [3.05, 3.63) is 12.2 Å². The van der Waals surface area contributed by atoms with Crippen LogP contribution in [0.2, 0.25) is 0 Å². The van der Waals surface area contributed by atoms with Gasteiger partial charge >= 0.3 is 0 Å². The highest BCUT2D eigenvalue weighted by atomic mass is 16.7. The minimum Gasteiger partial charge on any atom is -0.347 e. The fraction of sp³-hybridized carbons (Fsp3) is 0.846. The van der Waals surface area contributed by atoms with Crippen molar-refractivity contribution in [2.75, 3.05) is 13.2 Å². The lowest BCUT2D eigenvalue weighted by Crippen LogP contribution is -2.42.